The number of hydrogen-bond donors (Lipinski definition) is 1. The first-order chi connectivity index (χ1) is 12.3. The molecular formula is C19H19N3O2S. The fraction of sp³-hybridized carbons (Fsp3) is 0.368. The van der Waals surface area contributed by atoms with E-state index in [0.29, 0.717) is 5.69 Å². The molecule has 2 aliphatic rings. The predicted octanol–water partition coefficient (Wildman–Crippen LogP) is 3.33. The molecule has 0 unspecified atom stereocenters. The van der Waals surface area contributed by atoms with Crippen LogP contribution in [0, 0.1) is 0 Å². The summed E-state index contributed by atoms with van der Waals surface area (Å²) in [6, 6.07) is 7.96. The maximum Gasteiger partial charge on any atom is 0.270 e. The second kappa shape index (κ2) is 5.68. The van der Waals surface area contributed by atoms with Gasteiger partial charge in [-0.2, -0.15) is 0 Å². The van der Waals surface area contributed by atoms with Crippen molar-refractivity contribution in [3.63, 3.8) is 0 Å². The molecule has 1 N–H and O–H groups in total. The molecule has 6 heteroatoms. The van der Waals surface area contributed by atoms with Gasteiger partial charge in [-0.15, -0.1) is 11.3 Å². The van der Waals surface area contributed by atoms with Crippen LogP contribution in [0.25, 0.3) is 11.0 Å². The van der Waals surface area contributed by atoms with Gasteiger partial charge in [0.2, 0.25) is 0 Å². The topological polar surface area (TPSA) is 58.2 Å². The van der Waals surface area contributed by atoms with Crippen molar-refractivity contribution in [2.45, 2.75) is 24.9 Å². The number of fused-ring (bicyclic) bond motifs is 3. The summed E-state index contributed by atoms with van der Waals surface area (Å²) in [4.78, 5) is 23.6. The zero-order valence-electron chi connectivity index (χ0n) is 13.8. The number of aromatic amines is 1. The average Bonchev–Trinajstić information content (AvgIpc) is 3.29. The minimum atomic E-state index is -0.180. The lowest BCUT2D eigenvalue weighted by molar-refractivity contribution is -0.0906. The van der Waals surface area contributed by atoms with Gasteiger partial charge >= 0.3 is 0 Å². The fourth-order valence-electron chi connectivity index (χ4n) is 4.04. The Morgan fingerprint density at radius 3 is 3.04 bits per heavy atom. The molecule has 128 valence electrons. The molecule has 1 fully saturated rings. The number of ether oxygens (including phenoxy) is 1. The highest BCUT2D eigenvalue weighted by molar-refractivity contribution is 7.10. The zero-order valence-corrected chi connectivity index (χ0v) is 14.6. The molecule has 25 heavy (non-hydrogen) atoms. The monoisotopic (exact) mass is 353 g/mol. The molecule has 0 atom stereocenters. The zero-order chi connectivity index (χ0) is 16.9. The van der Waals surface area contributed by atoms with Crippen LogP contribution in [0.1, 0.15) is 33.8 Å². The minimum absolute atomic E-state index is 0.0510. The highest BCUT2D eigenvalue weighted by Gasteiger charge is 2.42. The molecule has 3 aromatic rings. The van der Waals surface area contributed by atoms with E-state index in [1.165, 1.54) is 10.4 Å². The van der Waals surface area contributed by atoms with Crippen molar-refractivity contribution >= 4 is 28.3 Å². The Labute approximate surface area is 149 Å². The van der Waals surface area contributed by atoms with E-state index in [-0.39, 0.29) is 11.5 Å². The van der Waals surface area contributed by atoms with Crippen molar-refractivity contribution in [2.24, 2.45) is 0 Å². The van der Waals surface area contributed by atoms with Crippen LogP contribution in [0.5, 0.6) is 0 Å². The molecule has 1 amide bonds. The van der Waals surface area contributed by atoms with Gasteiger partial charge in [0.05, 0.1) is 6.61 Å². The molecule has 0 radical (unpaired) electrons. The van der Waals surface area contributed by atoms with Crippen molar-refractivity contribution in [1.29, 1.82) is 0 Å². The van der Waals surface area contributed by atoms with Crippen molar-refractivity contribution in [1.82, 2.24) is 14.9 Å². The van der Waals surface area contributed by atoms with Gasteiger partial charge in [0.1, 0.15) is 16.9 Å². The Kier molecular flexibility index (Phi) is 3.43. The number of carbonyl (C=O) groups is 1. The van der Waals surface area contributed by atoms with E-state index >= 15 is 0 Å². The number of nitrogens with zero attached hydrogens (tertiary/aromatic N) is 2. The molecule has 0 bridgehead atoms. The van der Waals surface area contributed by atoms with Gasteiger partial charge in [0.25, 0.3) is 5.91 Å². The van der Waals surface area contributed by atoms with Crippen LogP contribution in [-0.2, 0) is 16.8 Å². The number of aromatic nitrogens is 2. The van der Waals surface area contributed by atoms with Crippen LogP contribution in [0.3, 0.4) is 0 Å². The van der Waals surface area contributed by atoms with Crippen molar-refractivity contribution in [3.05, 3.63) is 52.0 Å². The molecule has 5 nitrogen and oxygen atoms in total. The lowest BCUT2D eigenvalue weighted by Crippen LogP contribution is -2.47. The highest BCUT2D eigenvalue weighted by atomic mass is 32.1. The number of nitrogens with one attached hydrogen (secondary N) is 1. The average molecular weight is 353 g/mol. The molecule has 1 spiro atoms. The highest BCUT2D eigenvalue weighted by Crippen LogP contribution is 2.44. The standard InChI is InChI=1S/C19H19N3O2S/c23-18(15-12-14-2-1-7-20-17(14)21-15)22-8-5-19(6-9-22)16-13(3-10-24-19)4-11-25-16/h1-2,4,7,11-12H,3,5-6,8-10H2,(H,20,21). The normalized spacial score (nSPS) is 19.3. The maximum atomic E-state index is 12.9. The number of piperidine rings is 1. The number of H-pyrrole nitrogens is 1. The molecular weight excluding hydrogens is 334 g/mol. The van der Waals surface area contributed by atoms with E-state index in [0.717, 1.165) is 50.0 Å². The van der Waals surface area contributed by atoms with E-state index in [2.05, 4.69) is 21.4 Å². The number of carbonyl (C=O) groups excluding carboxylic acids is 1. The second-order valence-electron chi connectivity index (χ2n) is 6.78. The summed E-state index contributed by atoms with van der Waals surface area (Å²) in [5, 5.41) is 3.13. The van der Waals surface area contributed by atoms with Crippen LogP contribution in [-0.4, -0.2) is 40.5 Å². The largest absolute Gasteiger partial charge is 0.369 e. The van der Waals surface area contributed by atoms with Gasteiger partial charge in [-0.05, 0) is 54.5 Å². The van der Waals surface area contributed by atoms with Crippen LogP contribution >= 0.6 is 11.3 Å². The molecule has 1 saturated heterocycles. The molecule has 0 aliphatic carbocycles. The summed E-state index contributed by atoms with van der Waals surface area (Å²) in [6.07, 6.45) is 4.47. The molecule has 2 aliphatic heterocycles. The summed E-state index contributed by atoms with van der Waals surface area (Å²) >= 11 is 1.80. The molecule has 3 aromatic heterocycles. The van der Waals surface area contributed by atoms with Crippen molar-refractivity contribution in [2.75, 3.05) is 19.7 Å². The third-order valence-electron chi connectivity index (χ3n) is 5.39. The molecule has 0 saturated carbocycles. The molecule has 5 heterocycles. The lowest BCUT2D eigenvalue weighted by Gasteiger charge is -2.43. The number of likely N-dealkylation sites (tertiary alicyclic amines) is 1. The first-order valence-corrected chi connectivity index (χ1v) is 9.57. The summed E-state index contributed by atoms with van der Waals surface area (Å²) in [5.41, 5.74) is 2.63. The van der Waals surface area contributed by atoms with Crippen molar-refractivity contribution in [3.8, 4) is 0 Å². The van der Waals surface area contributed by atoms with E-state index in [1.54, 1.807) is 17.5 Å². The first kappa shape index (κ1) is 15.1. The second-order valence-corrected chi connectivity index (χ2v) is 7.70. The lowest BCUT2D eigenvalue weighted by atomic mass is 9.85. The Hall–Kier alpha value is -2.18. The summed E-state index contributed by atoms with van der Waals surface area (Å²) < 4.78 is 6.23. The van der Waals surface area contributed by atoms with Gasteiger partial charge in [0, 0.05) is 29.5 Å². The van der Waals surface area contributed by atoms with E-state index in [9.17, 15) is 4.79 Å². The van der Waals surface area contributed by atoms with Gasteiger partial charge in [0.15, 0.2) is 0 Å². The third kappa shape index (κ3) is 2.40. The Morgan fingerprint density at radius 1 is 1.32 bits per heavy atom. The Bertz CT molecular complexity index is 904. The number of amides is 1. The summed E-state index contributed by atoms with van der Waals surface area (Å²) in [5.74, 6) is 0.0510. The van der Waals surface area contributed by atoms with Crippen LogP contribution in [0.2, 0.25) is 0 Å². The SMILES string of the molecule is O=C(c1cc2cccnc2[nH]1)N1CCC2(CC1)OCCc1ccsc12. The van der Waals surface area contributed by atoms with Crippen LogP contribution < -0.4 is 0 Å². The minimum Gasteiger partial charge on any atom is -0.369 e. The van der Waals surface area contributed by atoms with Gasteiger partial charge in [-0.1, -0.05) is 0 Å². The number of thiophene rings is 1. The van der Waals surface area contributed by atoms with Crippen LogP contribution in [0.15, 0.2) is 35.8 Å². The quantitative estimate of drug-likeness (QED) is 0.730. The fourth-order valence-corrected chi connectivity index (χ4v) is 5.21. The molecule has 5 rings (SSSR count). The Morgan fingerprint density at radius 2 is 2.20 bits per heavy atom. The summed E-state index contributed by atoms with van der Waals surface area (Å²) in [6.45, 7) is 2.23. The smallest absolute Gasteiger partial charge is 0.270 e. The molecule has 0 aromatic carbocycles. The van der Waals surface area contributed by atoms with Crippen molar-refractivity contribution < 1.29 is 9.53 Å². The Balaban J connectivity index is 1.36. The maximum absolute atomic E-state index is 12.9. The third-order valence-corrected chi connectivity index (χ3v) is 6.53. The van der Waals surface area contributed by atoms with E-state index in [4.69, 9.17) is 4.74 Å². The first-order valence-electron chi connectivity index (χ1n) is 8.69. The number of rotatable bonds is 1. The summed E-state index contributed by atoms with van der Waals surface area (Å²) in [7, 11) is 0. The van der Waals surface area contributed by atoms with E-state index in [1.807, 2.05) is 23.1 Å². The van der Waals surface area contributed by atoms with Gasteiger partial charge in [-0.25, -0.2) is 4.98 Å². The van der Waals surface area contributed by atoms with Gasteiger partial charge < -0.3 is 14.6 Å². The van der Waals surface area contributed by atoms with Gasteiger partial charge in [-0.3, -0.25) is 4.79 Å². The number of hydrogen-bond acceptors (Lipinski definition) is 4. The van der Waals surface area contributed by atoms with E-state index < -0.39 is 0 Å². The van der Waals surface area contributed by atoms with Crippen LogP contribution in [0.4, 0.5) is 0 Å². The number of pyridine rings is 1. The predicted molar refractivity (Wildman–Crippen MR) is 96.9 cm³/mol.